The Kier molecular flexibility index (Phi) is 6.29. The number of rotatable bonds is 3. The van der Waals surface area contributed by atoms with Crippen LogP contribution in [0, 0.1) is 17.1 Å². The van der Waals surface area contributed by atoms with E-state index in [0.29, 0.717) is 52.4 Å². The smallest absolute Gasteiger partial charge is 0.226 e. The third-order valence-corrected chi connectivity index (χ3v) is 10.1. The van der Waals surface area contributed by atoms with Gasteiger partial charge in [-0.3, -0.25) is 9.88 Å². The van der Waals surface area contributed by atoms with Crippen LogP contribution >= 0.6 is 22.9 Å². The first-order valence-corrected chi connectivity index (χ1v) is 14.6. The number of anilines is 2. The standard InChI is InChI=1S/C28H28ClFN8OS/c1-14-20(37-7-5-36(2)6-8-37)3-4-38(14)28-34-10-16-17-12-39-13-18(17)21(23(29)24(16)35-28)25-22-15(9-31)27(32)40-26(22)19(30)11-33-25/h10-11,14,20H,3-8,12-13,32H2,1-2H3/t14-,20-/m0/s1. The lowest BCUT2D eigenvalue weighted by Gasteiger charge is -2.38. The van der Waals surface area contributed by atoms with E-state index in [1.807, 2.05) is 6.20 Å². The fourth-order valence-corrected chi connectivity index (χ4v) is 7.79. The largest absolute Gasteiger partial charge is 0.389 e. The Morgan fingerprint density at radius 3 is 2.70 bits per heavy atom. The van der Waals surface area contributed by atoms with Crippen molar-refractivity contribution < 1.29 is 9.13 Å². The first kappa shape index (κ1) is 25.8. The lowest BCUT2D eigenvalue weighted by molar-refractivity contribution is 0.108. The van der Waals surface area contributed by atoms with Crippen molar-refractivity contribution in [2.75, 3.05) is 50.4 Å². The summed E-state index contributed by atoms with van der Waals surface area (Å²) in [7, 11) is 2.17. The molecule has 0 saturated carbocycles. The summed E-state index contributed by atoms with van der Waals surface area (Å²) < 4.78 is 20.9. The summed E-state index contributed by atoms with van der Waals surface area (Å²) >= 11 is 8.20. The predicted molar refractivity (Wildman–Crippen MR) is 155 cm³/mol. The maximum atomic E-state index is 14.8. The Balaban J connectivity index is 1.36. The highest BCUT2D eigenvalue weighted by Gasteiger charge is 2.37. The average molecular weight is 579 g/mol. The number of nitriles is 1. The molecule has 0 spiro atoms. The van der Waals surface area contributed by atoms with Crippen LogP contribution in [0.3, 0.4) is 0 Å². The molecule has 0 bridgehead atoms. The molecule has 2 N–H and O–H groups in total. The van der Waals surface area contributed by atoms with Gasteiger partial charge in [-0.2, -0.15) is 5.26 Å². The van der Waals surface area contributed by atoms with E-state index >= 15 is 0 Å². The summed E-state index contributed by atoms with van der Waals surface area (Å²) in [4.78, 5) is 21.5. The van der Waals surface area contributed by atoms with Crippen molar-refractivity contribution in [1.82, 2.24) is 24.8 Å². The topological polar surface area (TPSA) is 107 Å². The molecule has 7 rings (SSSR count). The summed E-state index contributed by atoms with van der Waals surface area (Å²) in [5.74, 6) is 0.113. The van der Waals surface area contributed by atoms with Gasteiger partial charge in [-0.25, -0.2) is 14.4 Å². The molecule has 2 atom stereocenters. The van der Waals surface area contributed by atoms with Crippen LogP contribution < -0.4 is 10.6 Å². The number of thiophene rings is 1. The zero-order valence-electron chi connectivity index (χ0n) is 22.2. The molecule has 0 aliphatic carbocycles. The molecule has 2 fully saturated rings. The Morgan fingerprint density at radius 2 is 1.93 bits per heavy atom. The average Bonchev–Trinajstić information content (AvgIpc) is 3.67. The highest BCUT2D eigenvalue weighted by molar-refractivity contribution is 7.23. The van der Waals surface area contributed by atoms with Gasteiger partial charge in [-0.15, -0.1) is 11.3 Å². The van der Waals surface area contributed by atoms with Gasteiger partial charge >= 0.3 is 0 Å². The molecule has 3 aliphatic rings. The second-order valence-corrected chi connectivity index (χ2v) is 12.2. The molecule has 6 heterocycles. The van der Waals surface area contributed by atoms with Gasteiger partial charge < -0.3 is 20.3 Å². The summed E-state index contributed by atoms with van der Waals surface area (Å²) in [5.41, 5.74) is 9.72. The number of benzene rings is 1. The SMILES string of the molecule is C[C@H]1[C@@H](N2CCN(C)CC2)CCN1c1ncc2c3c(c(-c4ncc(F)c5sc(N)c(C#N)c45)c(Cl)c2n1)COC3. The lowest BCUT2D eigenvalue weighted by atomic mass is 9.94. The van der Waals surface area contributed by atoms with E-state index in [2.05, 4.69) is 39.7 Å². The van der Waals surface area contributed by atoms with E-state index < -0.39 is 5.82 Å². The molecule has 3 aromatic heterocycles. The third kappa shape index (κ3) is 3.85. The van der Waals surface area contributed by atoms with Crippen LogP contribution in [0.5, 0.6) is 0 Å². The Bertz CT molecular complexity index is 1710. The number of hydrogen-bond acceptors (Lipinski definition) is 10. The number of hydrogen-bond donors (Lipinski definition) is 1. The van der Waals surface area contributed by atoms with Gasteiger partial charge in [0.2, 0.25) is 5.95 Å². The van der Waals surface area contributed by atoms with Gasteiger partial charge in [0.25, 0.3) is 0 Å². The van der Waals surface area contributed by atoms with Crippen molar-refractivity contribution in [3.63, 3.8) is 0 Å². The first-order chi connectivity index (χ1) is 19.4. The van der Waals surface area contributed by atoms with E-state index in [9.17, 15) is 9.65 Å². The molecule has 4 aromatic rings. The fourth-order valence-electron chi connectivity index (χ4n) is 6.52. The number of ether oxygens (including phenoxy) is 1. The van der Waals surface area contributed by atoms with Crippen molar-refractivity contribution in [3.8, 4) is 17.3 Å². The number of nitrogens with zero attached hydrogens (tertiary/aromatic N) is 7. The monoisotopic (exact) mass is 578 g/mol. The predicted octanol–water partition coefficient (Wildman–Crippen LogP) is 4.40. The molecule has 0 amide bonds. The van der Waals surface area contributed by atoms with Gasteiger partial charge in [0.05, 0.1) is 45.9 Å². The van der Waals surface area contributed by atoms with Crippen molar-refractivity contribution in [2.24, 2.45) is 0 Å². The third-order valence-electron chi connectivity index (χ3n) is 8.71. The van der Waals surface area contributed by atoms with Crippen LogP contribution in [0.25, 0.3) is 32.2 Å². The van der Waals surface area contributed by atoms with Gasteiger partial charge in [-0.05, 0) is 31.5 Å². The number of pyridine rings is 1. The number of likely N-dealkylation sites (N-methyl/N-ethyl adjacent to an activating group) is 1. The van der Waals surface area contributed by atoms with Gasteiger partial charge in [-0.1, -0.05) is 11.6 Å². The highest BCUT2D eigenvalue weighted by atomic mass is 35.5. The zero-order valence-corrected chi connectivity index (χ0v) is 23.8. The van der Waals surface area contributed by atoms with Gasteiger partial charge in [0.1, 0.15) is 11.1 Å². The molecule has 0 unspecified atom stereocenters. The van der Waals surface area contributed by atoms with Crippen LogP contribution in [0.2, 0.25) is 5.02 Å². The quantitative estimate of drug-likeness (QED) is 0.378. The lowest BCUT2D eigenvalue weighted by Crippen LogP contribution is -2.52. The maximum absolute atomic E-state index is 14.8. The van der Waals surface area contributed by atoms with Crippen LogP contribution in [0.1, 0.15) is 30.0 Å². The molecule has 12 heteroatoms. The number of piperazine rings is 1. The number of fused-ring (bicyclic) bond motifs is 4. The van der Waals surface area contributed by atoms with E-state index in [-0.39, 0.29) is 21.3 Å². The summed E-state index contributed by atoms with van der Waals surface area (Å²) in [6.07, 6.45) is 4.05. The van der Waals surface area contributed by atoms with Gasteiger partial charge in [0.15, 0.2) is 5.82 Å². The minimum absolute atomic E-state index is 0.204. The molecule has 0 radical (unpaired) electrons. The molecule has 2 saturated heterocycles. The molecule has 206 valence electrons. The van der Waals surface area contributed by atoms with Crippen LogP contribution in [-0.4, -0.2) is 76.6 Å². The number of halogens is 2. The minimum atomic E-state index is -0.524. The molecule has 3 aliphatic heterocycles. The highest BCUT2D eigenvalue weighted by Crippen LogP contribution is 2.47. The Hall–Kier alpha value is -3.14. The summed E-state index contributed by atoms with van der Waals surface area (Å²) in [5, 5.41) is 11.7. The van der Waals surface area contributed by atoms with Crippen LogP contribution in [0.15, 0.2) is 12.4 Å². The normalized spacial score (nSPS) is 21.9. The van der Waals surface area contributed by atoms with E-state index in [1.165, 1.54) is 0 Å². The van der Waals surface area contributed by atoms with Crippen LogP contribution in [0.4, 0.5) is 15.3 Å². The first-order valence-electron chi connectivity index (χ1n) is 13.4. The van der Waals surface area contributed by atoms with Crippen molar-refractivity contribution in [2.45, 2.75) is 38.6 Å². The van der Waals surface area contributed by atoms with Crippen molar-refractivity contribution in [1.29, 1.82) is 5.26 Å². The number of nitrogens with two attached hydrogens (primary N) is 1. The Labute approximate surface area is 239 Å². The second-order valence-electron chi connectivity index (χ2n) is 10.8. The fraction of sp³-hybridized carbons (Fsp3) is 0.429. The minimum Gasteiger partial charge on any atom is -0.389 e. The molecule has 40 heavy (non-hydrogen) atoms. The maximum Gasteiger partial charge on any atom is 0.226 e. The van der Waals surface area contributed by atoms with Crippen LogP contribution in [-0.2, 0) is 18.0 Å². The summed E-state index contributed by atoms with van der Waals surface area (Å²) in [6, 6.07) is 2.82. The second kappa shape index (κ2) is 9.75. The molecular weight excluding hydrogens is 551 g/mol. The zero-order chi connectivity index (χ0) is 27.7. The summed E-state index contributed by atoms with van der Waals surface area (Å²) in [6.45, 7) is 8.10. The van der Waals surface area contributed by atoms with Gasteiger partial charge in [0, 0.05) is 67.3 Å². The number of nitrogen functional groups attached to an aromatic ring is 1. The van der Waals surface area contributed by atoms with E-state index in [4.69, 9.17) is 32.0 Å². The molecule has 9 nitrogen and oxygen atoms in total. The van der Waals surface area contributed by atoms with Crippen molar-refractivity contribution in [3.05, 3.63) is 39.9 Å². The van der Waals surface area contributed by atoms with E-state index in [0.717, 1.165) is 73.2 Å². The molecular formula is C28H28ClFN8OS. The molecule has 1 aromatic carbocycles. The van der Waals surface area contributed by atoms with Crippen molar-refractivity contribution >= 4 is 54.9 Å². The number of aromatic nitrogens is 3. The Morgan fingerprint density at radius 1 is 1.15 bits per heavy atom. The van der Waals surface area contributed by atoms with E-state index in [1.54, 1.807) is 0 Å².